The maximum absolute atomic E-state index is 5.68. The van der Waals surface area contributed by atoms with E-state index in [2.05, 4.69) is 35.1 Å². The third-order valence-corrected chi connectivity index (χ3v) is 2.89. The normalized spacial score (nSPS) is 10.6. The van der Waals surface area contributed by atoms with Crippen LogP contribution in [0.3, 0.4) is 0 Å². The van der Waals surface area contributed by atoms with Gasteiger partial charge in [-0.2, -0.15) is 0 Å². The fourth-order valence-corrected chi connectivity index (χ4v) is 1.84. The summed E-state index contributed by atoms with van der Waals surface area (Å²) in [6.45, 7) is 5.97. The summed E-state index contributed by atoms with van der Waals surface area (Å²) in [5, 5.41) is 3.35. The van der Waals surface area contributed by atoms with Crippen molar-refractivity contribution in [1.29, 1.82) is 0 Å². The second kappa shape index (κ2) is 7.56. The summed E-state index contributed by atoms with van der Waals surface area (Å²) in [7, 11) is 1.65. The first-order valence-electron chi connectivity index (χ1n) is 5.83. The highest BCUT2D eigenvalue weighted by Gasteiger charge is 2.02. The zero-order valence-electron chi connectivity index (χ0n) is 10.6. The van der Waals surface area contributed by atoms with Crippen molar-refractivity contribution >= 4 is 15.9 Å². The first-order chi connectivity index (χ1) is 8.13. The highest BCUT2D eigenvalue weighted by molar-refractivity contribution is 9.10. The Morgan fingerprint density at radius 2 is 2.12 bits per heavy atom. The molecule has 1 aromatic rings. The number of ether oxygens (including phenoxy) is 2. The van der Waals surface area contributed by atoms with Gasteiger partial charge in [-0.3, -0.25) is 0 Å². The maximum atomic E-state index is 5.68. The Labute approximate surface area is 112 Å². The van der Waals surface area contributed by atoms with Crippen LogP contribution in [-0.2, 0) is 0 Å². The molecule has 0 aliphatic carbocycles. The van der Waals surface area contributed by atoms with Gasteiger partial charge < -0.3 is 14.8 Å². The van der Waals surface area contributed by atoms with Crippen molar-refractivity contribution in [2.45, 2.75) is 26.3 Å². The molecule has 0 spiro atoms. The maximum Gasteiger partial charge on any atom is 0.133 e. The Kier molecular flexibility index (Phi) is 6.37. The Morgan fingerprint density at radius 3 is 2.71 bits per heavy atom. The molecule has 1 rings (SSSR count). The second-order valence-electron chi connectivity index (χ2n) is 4.11. The molecule has 0 fully saturated rings. The minimum atomic E-state index is 0.530. The molecule has 0 aliphatic rings. The Balaban J connectivity index is 2.32. The van der Waals surface area contributed by atoms with Gasteiger partial charge >= 0.3 is 0 Å². The van der Waals surface area contributed by atoms with Crippen molar-refractivity contribution in [3.63, 3.8) is 0 Å². The van der Waals surface area contributed by atoms with Crippen molar-refractivity contribution < 1.29 is 9.47 Å². The van der Waals surface area contributed by atoms with Gasteiger partial charge in [0.2, 0.25) is 0 Å². The Hall–Kier alpha value is -0.740. The molecule has 0 aliphatic heterocycles. The quantitative estimate of drug-likeness (QED) is 0.785. The minimum absolute atomic E-state index is 0.530. The first kappa shape index (κ1) is 14.3. The molecule has 1 aromatic carbocycles. The van der Waals surface area contributed by atoms with E-state index in [1.807, 2.05) is 18.2 Å². The number of nitrogens with one attached hydrogen (secondary N) is 1. The highest BCUT2D eigenvalue weighted by Crippen LogP contribution is 2.29. The van der Waals surface area contributed by atoms with Gasteiger partial charge in [0.25, 0.3) is 0 Å². The van der Waals surface area contributed by atoms with Crippen LogP contribution < -0.4 is 14.8 Å². The molecular weight excluding hydrogens is 282 g/mol. The van der Waals surface area contributed by atoms with E-state index in [4.69, 9.17) is 9.47 Å². The SMILES string of the molecule is COc1ccc(OCCCNC(C)C)c(Br)c1. The van der Waals surface area contributed by atoms with Crippen LogP contribution in [-0.4, -0.2) is 26.3 Å². The van der Waals surface area contributed by atoms with E-state index in [1.165, 1.54) is 0 Å². The summed E-state index contributed by atoms with van der Waals surface area (Å²) in [6, 6.07) is 6.25. The number of hydrogen-bond acceptors (Lipinski definition) is 3. The van der Waals surface area contributed by atoms with E-state index in [1.54, 1.807) is 7.11 Å². The lowest BCUT2D eigenvalue weighted by atomic mass is 10.3. The van der Waals surface area contributed by atoms with Crippen LogP contribution in [0, 0.1) is 0 Å². The van der Waals surface area contributed by atoms with Crippen molar-refractivity contribution in [3.05, 3.63) is 22.7 Å². The molecule has 0 bridgehead atoms. The van der Waals surface area contributed by atoms with Gasteiger partial charge in [0.15, 0.2) is 0 Å². The molecule has 0 amide bonds. The van der Waals surface area contributed by atoms with Crippen LogP contribution in [0.5, 0.6) is 11.5 Å². The topological polar surface area (TPSA) is 30.5 Å². The van der Waals surface area contributed by atoms with E-state index in [9.17, 15) is 0 Å². The van der Waals surface area contributed by atoms with E-state index in [0.29, 0.717) is 12.6 Å². The largest absolute Gasteiger partial charge is 0.497 e. The number of benzene rings is 1. The lowest BCUT2D eigenvalue weighted by Gasteiger charge is -2.11. The molecule has 3 nitrogen and oxygen atoms in total. The van der Waals surface area contributed by atoms with Crippen molar-refractivity contribution in [1.82, 2.24) is 5.32 Å². The van der Waals surface area contributed by atoms with Gasteiger partial charge in [0.05, 0.1) is 18.2 Å². The van der Waals surface area contributed by atoms with Crippen LogP contribution in [0.15, 0.2) is 22.7 Å². The molecule has 0 radical (unpaired) electrons. The summed E-state index contributed by atoms with van der Waals surface area (Å²) >= 11 is 3.46. The molecule has 0 heterocycles. The van der Waals surface area contributed by atoms with E-state index >= 15 is 0 Å². The minimum Gasteiger partial charge on any atom is -0.497 e. The van der Waals surface area contributed by atoms with Crippen LogP contribution >= 0.6 is 15.9 Å². The predicted octanol–water partition coefficient (Wildman–Crippen LogP) is 3.22. The lowest BCUT2D eigenvalue weighted by Crippen LogP contribution is -2.24. The average Bonchev–Trinajstić information content (AvgIpc) is 2.30. The van der Waals surface area contributed by atoms with Gasteiger partial charge in [0.1, 0.15) is 11.5 Å². The fourth-order valence-electron chi connectivity index (χ4n) is 1.37. The van der Waals surface area contributed by atoms with E-state index in [0.717, 1.165) is 28.9 Å². The van der Waals surface area contributed by atoms with Gasteiger partial charge in [-0.25, -0.2) is 0 Å². The summed E-state index contributed by atoms with van der Waals surface area (Å²) in [5.74, 6) is 1.68. The van der Waals surface area contributed by atoms with Crippen LogP contribution in [0.25, 0.3) is 0 Å². The van der Waals surface area contributed by atoms with Gasteiger partial charge in [-0.05, 0) is 47.1 Å². The predicted molar refractivity (Wildman–Crippen MR) is 73.9 cm³/mol. The third kappa shape index (κ3) is 5.41. The first-order valence-corrected chi connectivity index (χ1v) is 6.62. The third-order valence-electron chi connectivity index (χ3n) is 2.27. The number of hydrogen-bond donors (Lipinski definition) is 1. The van der Waals surface area contributed by atoms with Crippen molar-refractivity contribution in [2.24, 2.45) is 0 Å². The summed E-state index contributed by atoms with van der Waals surface area (Å²) in [4.78, 5) is 0. The van der Waals surface area contributed by atoms with Gasteiger partial charge in [0, 0.05) is 6.04 Å². The molecule has 4 heteroatoms. The molecule has 0 atom stereocenters. The van der Waals surface area contributed by atoms with Gasteiger partial charge in [-0.1, -0.05) is 13.8 Å². The Morgan fingerprint density at radius 1 is 1.35 bits per heavy atom. The molecule has 0 unspecified atom stereocenters. The zero-order valence-corrected chi connectivity index (χ0v) is 12.2. The summed E-state index contributed by atoms with van der Waals surface area (Å²) in [6.07, 6.45) is 0.997. The zero-order chi connectivity index (χ0) is 12.7. The number of rotatable bonds is 7. The molecule has 1 N–H and O–H groups in total. The monoisotopic (exact) mass is 301 g/mol. The van der Waals surface area contributed by atoms with Crippen LogP contribution in [0.2, 0.25) is 0 Å². The molecule has 96 valence electrons. The molecule has 0 saturated heterocycles. The molecule has 17 heavy (non-hydrogen) atoms. The smallest absolute Gasteiger partial charge is 0.133 e. The molecular formula is C13H20BrNO2. The molecule has 0 saturated carbocycles. The second-order valence-corrected chi connectivity index (χ2v) is 4.96. The van der Waals surface area contributed by atoms with E-state index in [-0.39, 0.29) is 0 Å². The van der Waals surface area contributed by atoms with Crippen LogP contribution in [0.1, 0.15) is 20.3 Å². The fraction of sp³-hybridized carbons (Fsp3) is 0.538. The number of methoxy groups -OCH3 is 1. The van der Waals surface area contributed by atoms with E-state index < -0.39 is 0 Å². The lowest BCUT2D eigenvalue weighted by molar-refractivity contribution is 0.303. The molecule has 0 aromatic heterocycles. The average molecular weight is 302 g/mol. The van der Waals surface area contributed by atoms with Crippen LogP contribution in [0.4, 0.5) is 0 Å². The van der Waals surface area contributed by atoms with Gasteiger partial charge in [-0.15, -0.1) is 0 Å². The summed E-state index contributed by atoms with van der Waals surface area (Å²) < 4.78 is 11.7. The standard InChI is InChI=1S/C13H20BrNO2/c1-10(2)15-7-4-8-17-13-6-5-11(16-3)9-12(13)14/h5-6,9-10,15H,4,7-8H2,1-3H3. The number of halogens is 1. The van der Waals surface area contributed by atoms with Crippen molar-refractivity contribution in [3.8, 4) is 11.5 Å². The highest BCUT2D eigenvalue weighted by atomic mass is 79.9. The summed E-state index contributed by atoms with van der Waals surface area (Å²) in [5.41, 5.74) is 0. The van der Waals surface area contributed by atoms with Crippen molar-refractivity contribution in [2.75, 3.05) is 20.3 Å². The Bertz CT molecular complexity index is 342.